The van der Waals surface area contributed by atoms with E-state index < -0.39 is 5.60 Å². The van der Waals surface area contributed by atoms with E-state index in [0.717, 1.165) is 5.56 Å². The summed E-state index contributed by atoms with van der Waals surface area (Å²) >= 11 is 1.66. The van der Waals surface area contributed by atoms with Crippen LogP contribution in [-0.2, 0) is 0 Å². The lowest BCUT2D eigenvalue weighted by Gasteiger charge is -2.09. The fourth-order valence-corrected chi connectivity index (χ4v) is 1.30. The van der Waals surface area contributed by atoms with Crippen LogP contribution in [0.2, 0.25) is 0 Å². The molecule has 0 saturated heterocycles. The van der Waals surface area contributed by atoms with Gasteiger partial charge < -0.3 is 5.11 Å². The van der Waals surface area contributed by atoms with Gasteiger partial charge >= 0.3 is 0 Å². The summed E-state index contributed by atoms with van der Waals surface area (Å²) in [6, 6.07) is 2.02. The molecule has 0 aliphatic carbocycles. The maximum atomic E-state index is 9.33. The van der Waals surface area contributed by atoms with E-state index in [2.05, 4.69) is 0 Å². The molecule has 0 saturated carbocycles. The summed E-state index contributed by atoms with van der Waals surface area (Å²) in [6.45, 7) is 3.52. The summed E-state index contributed by atoms with van der Waals surface area (Å²) in [6.07, 6.45) is 3.71. The molecule has 1 aromatic heterocycles. The molecule has 0 aliphatic heterocycles. The van der Waals surface area contributed by atoms with E-state index in [1.165, 1.54) is 0 Å². The molecule has 0 atom stereocenters. The second kappa shape index (κ2) is 3.20. The molecule has 1 nitrogen and oxygen atoms in total. The van der Waals surface area contributed by atoms with Gasteiger partial charge in [0, 0.05) is 0 Å². The minimum absolute atomic E-state index is 0.706. The molecular formula is C9H12OS. The lowest BCUT2D eigenvalue weighted by molar-refractivity contribution is 0.134. The molecule has 0 spiro atoms. The molecule has 0 bridgehead atoms. The van der Waals surface area contributed by atoms with Crippen molar-refractivity contribution in [3.63, 3.8) is 0 Å². The zero-order valence-corrected chi connectivity index (χ0v) is 7.56. The zero-order chi connectivity index (χ0) is 8.32. The molecule has 0 fully saturated rings. The topological polar surface area (TPSA) is 20.2 Å². The SMILES string of the molecule is CC(C)(O)C=Cc1ccsc1. The normalized spacial score (nSPS) is 12.6. The maximum Gasteiger partial charge on any atom is 0.0774 e. The Hall–Kier alpha value is -0.600. The summed E-state index contributed by atoms with van der Waals surface area (Å²) in [4.78, 5) is 0. The van der Waals surface area contributed by atoms with Gasteiger partial charge in [-0.3, -0.25) is 0 Å². The standard InChI is InChI=1S/C9H12OS/c1-9(2,10)5-3-8-4-6-11-7-8/h3-7,10H,1-2H3. The molecule has 60 valence electrons. The molecule has 11 heavy (non-hydrogen) atoms. The third kappa shape index (κ3) is 3.35. The van der Waals surface area contributed by atoms with Gasteiger partial charge in [0.1, 0.15) is 0 Å². The van der Waals surface area contributed by atoms with Gasteiger partial charge in [-0.25, -0.2) is 0 Å². The monoisotopic (exact) mass is 168 g/mol. The third-order valence-electron chi connectivity index (χ3n) is 1.23. The molecule has 1 aromatic rings. The van der Waals surface area contributed by atoms with Crippen LogP contribution in [0.3, 0.4) is 0 Å². The fourth-order valence-electron chi connectivity index (χ4n) is 0.670. The number of thiophene rings is 1. The number of hydrogen-bond donors (Lipinski definition) is 1. The highest BCUT2D eigenvalue weighted by molar-refractivity contribution is 7.08. The van der Waals surface area contributed by atoms with Crippen molar-refractivity contribution >= 4 is 17.4 Å². The highest BCUT2D eigenvalue weighted by Crippen LogP contribution is 2.11. The Kier molecular flexibility index (Phi) is 2.47. The minimum atomic E-state index is -0.706. The Morgan fingerprint density at radius 2 is 2.27 bits per heavy atom. The van der Waals surface area contributed by atoms with Crippen LogP contribution in [0.4, 0.5) is 0 Å². The second-order valence-corrected chi connectivity index (χ2v) is 3.82. The summed E-state index contributed by atoms with van der Waals surface area (Å²) < 4.78 is 0. The minimum Gasteiger partial charge on any atom is -0.386 e. The summed E-state index contributed by atoms with van der Waals surface area (Å²) in [7, 11) is 0. The molecule has 1 heterocycles. The average Bonchev–Trinajstić information content (AvgIpc) is 2.32. The van der Waals surface area contributed by atoms with Gasteiger partial charge in [0.2, 0.25) is 0 Å². The van der Waals surface area contributed by atoms with Crippen LogP contribution in [0.5, 0.6) is 0 Å². The van der Waals surface area contributed by atoms with Gasteiger partial charge in [-0.15, -0.1) is 0 Å². The van der Waals surface area contributed by atoms with Crippen molar-refractivity contribution in [3.8, 4) is 0 Å². The number of rotatable bonds is 2. The summed E-state index contributed by atoms with van der Waals surface area (Å²) in [5.41, 5.74) is 0.444. The lowest BCUT2D eigenvalue weighted by atomic mass is 10.1. The fraction of sp³-hybridized carbons (Fsp3) is 0.333. The van der Waals surface area contributed by atoms with Gasteiger partial charge in [0.25, 0.3) is 0 Å². The Balaban J connectivity index is 2.63. The van der Waals surface area contributed by atoms with Gasteiger partial charge in [0.15, 0.2) is 0 Å². The Bertz CT molecular complexity index is 229. The van der Waals surface area contributed by atoms with Gasteiger partial charge in [-0.05, 0) is 36.2 Å². The highest BCUT2D eigenvalue weighted by Gasteiger charge is 2.05. The van der Waals surface area contributed by atoms with Crippen LogP contribution in [0.25, 0.3) is 6.08 Å². The smallest absolute Gasteiger partial charge is 0.0774 e. The average molecular weight is 168 g/mol. The number of aliphatic hydroxyl groups is 1. The lowest BCUT2D eigenvalue weighted by Crippen LogP contribution is -2.13. The summed E-state index contributed by atoms with van der Waals surface area (Å²) in [5, 5.41) is 13.4. The van der Waals surface area contributed by atoms with E-state index >= 15 is 0 Å². The van der Waals surface area contributed by atoms with Crippen molar-refractivity contribution in [2.45, 2.75) is 19.4 Å². The van der Waals surface area contributed by atoms with Crippen LogP contribution in [0.15, 0.2) is 22.9 Å². The quantitative estimate of drug-likeness (QED) is 0.719. The van der Waals surface area contributed by atoms with Crippen molar-refractivity contribution in [3.05, 3.63) is 28.5 Å². The van der Waals surface area contributed by atoms with Crippen molar-refractivity contribution in [1.82, 2.24) is 0 Å². The maximum absolute atomic E-state index is 9.33. The second-order valence-electron chi connectivity index (χ2n) is 3.04. The predicted molar refractivity (Wildman–Crippen MR) is 49.7 cm³/mol. The molecule has 0 radical (unpaired) electrons. The number of hydrogen-bond acceptors (Lipinski definition) is 2. The van der Waals surface area contributed by atoms with E-state index in [-0.39, 0.29) is 0 Å². The van der Waals surface area contributed by atoms with Gasteiger partial charge in [-0.1, -0.05) is 12.2 Å². The molecule has 0 amide bonds. The van der Waals surface area contributed by atoms with Crippen LogP contribution in [0, 0.1) is 0 Å². The molecule has 0 aromatic carbocycles. The molecule has 0 unspecified atom stereocenters. The Labute approximate surface area is 71.0 Å². The van der Waals surface area contributed by atoms with Gasteiger partial charge in [0.05, 0.1) is 5.60 Å². The highest BCUT2D eigenvalue weighted by atomic mass is 32.1. The van der Waals surface area contributed by atoms with E-state index in [4.69, 9.17) is 0 Å². The molecule has 0 aliphatic rings. The van der Waals surface area contributed by atoms with Crippen molar-refractivity contribution < 1.29 is 5.11 Å². The first kappa shape index (κ1) is 8.50. The molecule has 2 heteroatoms. The van der Waals surface area contributed by atoms with E-state index in [9.17, 15) is 5.11 Å². The third-order valence-corrected chi connectivity index (χ3v) is 1.93. The first-order valence-electron chi connectivity index (χ1n) is 3.52. The largest absolute Gasteiger partial charge is 0.386 e. The Morgan fingerprint density at radius 1 is 1.55 bits per heavy atom. The van der Waals surface area contributed by atoms with E-state index in [1.54, 1.807) is 31.3 Å². The first-order chi connectivity index (χ1) is 5.08. The first-order valence-corrected chi connectivity index (χ1v) is 4.46. The zero-order valence-electron chi connectivity index (χ0n) is 6.74. The van der Waals surface area contributed by atoms with Gasteiger partial charge in [-0.2, -0.15) is 11.3 Å². The van der Waals surface area contributed by atoms with E-state index in [0.29, 0.717) is 0 Å². The van der Waals surface area contributed by atoms with Crippen molar-refractivity contribution in [2.24, 2.45) is 0 Å². The van der Waals surface area contributed by atoms with Crippen LogP contribution >= 0.6 is 11.3 Å². The molecular weight excluding hydrogens is 156 g/mol. The van der Waals surface area contributed by atoms with E-state index in [1.807, 2.05) is 22.9 Å². The van der Waals surface area contributed by atoms with Crippen molar-refractivity contribution in [2.75, 3.05) is 0 Å². The molecule has 1 N–H and O–H groups in total. The van der Waals surface area contributed by atoms with Crippen molar-refractivity contribution in [1.29, 1.82) is 0 Å². The summed E-state index contributed by atoms with van der Waals surface area (Å²) in [5.74, 6) is 0. The predicted octanol–water partition coefficient (Wildman–Crippen LogP) is 2.53. The molecule has 1 rings (SSSR count). The van der Waals surface area contributed by atoms with Crippen LogP contribution in [-0.4, -0.2) is 10.7 Å². The Morgan fingerprint density at radius 3 is 2.73 bits per heavy atom. The van der Waals surface area contributed by atoms with Crippen LogP contribution in [0.1, 0.15) is 19.4 Å². The van der Waals surface area contributed by atoms with Crippen LogP contribution < -0.4 is 0 Å².